The summed E-state index contributed by atoms with van der Waals surface area (Å²) in [4.78, 5) is 8.98. The van der Waals surface area contributed by atoms with Crippen LogP contribution in [-0.4, -0.2) is 42.3 Å². The number of hydrogen-bond acceptors (Lipinski definition) is 6. The summed E-state index contributed by atoms with van der Waals surface area (Å²) in [5, 5.41) is 16.2. The standard InChI is InChI=1S/C26H34FN5O/c1-18(15-33-2)31-20-8-6-19(7-9-20)12-21-13-22(23(27)14-29-21)24-4-3-5-25(32-24)30-17-26(16-28)10-11-26/h3-5,13-14,18-20,31H,6-12,15,17H2,1-2H3,(H,30,32). The molecule has 0 aromatic carbocycles. The van der Waals surface area contributed by atoms with Gasteiger partial charge in [-0.25, -0.2) is 9.37 Å². The van der Waals surface area contributed by atoms with Crippen LogP contribution in [0.1, 0.15) is 51.1 Å². The third kappa shape index (κ3) is 6.27. The van der Waals surface area contributed by atoms with Gasteiger partial charge in [0.25, 0.3) is 0 Å². The summed E-state index contributed by atoms with van der Waals surface area (Å²) in [5.74, 6) is 0.868. The minimum atomic E-state index is -0.362. The second-order valence-electron chi connectivity index (χ2n) is 9.75. The van der Waals surface area contributed by atoms with Crippen molar-refractivity contribution in [2.45, 2.75) is 64.0 Å². The highest BCUT2D eigenvalue weighted by Crippen LogP contribution is 2.44. The van der Waals surface area contributed by atoms with Crippen molar-refractivity contribution >= 4 is 5.82 Å². The molecular weight excluding hydrogens is 417 g/mol. The molecular formula is C26H34FN5O. The van der Waals surface area contributed by atoms with Gasteiger partial charge in [0.2, 0.25) is 0 Å². The Hall–Kier alpha value is -2.56. The van der Waals surface area contributed by atoms with E-state index in [1.54, 1.807) is 7.11 Å². The van der Waals surface area contributed by atoms with Gasteiger partial charge in [0.15, 0.2) is 5.82 Å². The largest absolute Gasteiger partial charge is 0.383 e. The van der Waals surface area contributed by atoms with Crippen LogP contribution in [-0.2, 0) is 11.2 Å². The van der Waals surface area contributed by atoms with Crippen LogP contribution in [0.2, 0.25) is 0 Å². The maximum Gasteiger partial charge on any atom is 0.150 e. The molecule has 2 N–H and O–H groups in total. The van der Waals surface area contributed by atoms with E-state index in [0.29, 0.717) is 41.6 Å². The summed E-state index contributed by atoms with van der Waals surface area (Å²) < 4.78 is 19.9. The number of nitriles is 1. The van der Waals surface area contributed by atoms with Gasteiger partial charge in [0, 0.05) is 37.0 Å². The highest BCUT2D eigenvalue weighted by Gasteiger charge is 2.42. The predicted molar refractivity (Wildman–Crippen MR) is 127 cm³/mol. The van der Waals surface area contributed by atoms with E-state index < -0.39 is 0 Å². The van der Waals surface area contributed by atoms with Gasteiger partial charge in [-0.05, 0) is 76.0 Å². The van der Waals surface area contributed by atoms with Gasteiger partial charge in [0.1, 0.15) is 5.82 Å². The minimum Gasteiger partial charge on any atom is -0.383 e. The average molecular weight is 452 g/mol. The molecule has 0 spiro atoms. The zero-order chi connectivity index (χ0) is 23.3. The van der Waals surface area contributed by atoms with E-state index in [4.69, 9.17) is 4.74 Å². The number of halogens is 1. The molecule has 33 heavy (non-hydrogen) atoms. The Bertz CT molecular complexity index is 979. The fourth-order valence-electron chi connectivity index (χ4n) is 4.74. The molecule has 0 bridgehead atoms. The van der Waals surface area contributed by atoms with Gasteiger partial charge in [-0.3, -0.25) is 4.98 Å². The first kappa shape index (κ1) is 23.6. The lowest BCUT2D eigenvalue weighted by Gasteiger charge is -2.31. The van der Waals surface area contributed by atoms with E-state index in [1.807, 2.05) is 24.3 Å². The quantitative estimate of drug-likeness (QED) is 0.544. The maximum atomic E-state index is 14.7. The molecule has 2 aliphatic carbocycles. The van der Waals surface area contributed by atoms with Crippen molar-refractivity contribution in [3.05, 3.63) is 42.0 Å². The van der Waals surface area contributed by atoms with E-state index in [9.17, 15) is 9.65 Å². The van der Waals surface area contributed by atoms with Crippen molar-refractivity contribution in [2.75, 3.05) is 25.6 Å². The second kappa shape index (κ2) is 10.6. The Kier molecular flexibility index (Phi) is 7.56. The summed E-state index contributed by atoms with van der Waals surface area (Å²) in [5.41, 5.74) is 1.72. The molecule has 2 saturated carbocycles. The molecule has 1 atom stereocenters. The van der Waals surface area contributed by atoms with Crippen molar-refractivity contribution in [3.8, 4) is 17.3 Å². The number of nitrogens with zero attached hydrogens (tertiary/aromatic N) is 3. The molecule has 0 radical (unpaired) electrons. The average Bonchev–Trinajstić information content (AvgIpc) is 3.61. The molecule has 2 aromatic heterocycles. The Morgan fingerprint density at radius 3 is 2.76 bits per heavy atom. The lowest BCUT2D eigenvalue weighted by Crippen LogP contribution is -2.41. The molecule has 0 saturated heterocycles. The zero-order valence-electron chi connectivity index (χ0n) is 19.6. The van der Waals surface area contributed by atoms with E-state index in [2.05, 4.69) is 33.6 Å². The molecule has 2 aromatic rings. The maximum absolute atomic E-state index is 14.7. The van der Waals surface area contributed by atoms with Crippen molar-refractivity contribution in [1.29, 1.82) is 5.26 Å². The summed E-state index contributed by atoms with van der Waals surface area (Å²) in [7, 11) is 1.74. The Balaban J connectivity index is 1.37. The lowest BCUT2D eigenvalue weighted by molar-refractivity contribution is 0.158. The smallest absolute Gasteiger partial charge is 0.150 e. The van der Waals surface area contributed by atoms with Crippen molar-refractivity contribution in [3.63, 3.8) is 0 Å². The van der Waals surface area contributed by atoms with Crippen LogP contribution in [0.4, 0.5) is 10.2 Å². The molecule has 2 fully saturated rings. The van der Waals surface area contributed by atoms with Gasteiger partial charge < -0.3 is 15.4 Å². The molecule has 7 heteroatoms. The fraction of sp³-hybridized carbons (Fsp3) is 0.577. The molecule has 0 aliphatic heterocycles. The summed E-state index contributed by atoms with van der Waals surface area (Å²) >= 11 is 0. The van der Waals surface area contributed by atoms with Gasteiger partial charge in [-0.2, -0.15) is 5.26 Å². The van der Waals surface area contributed by atoms with E-state index >= 15 is 0 Å². The van der Waals surface area contributed by atoms with Gasteiger partial charge in [-0.1, -0.05) is 6.07 Å². The zero-order valence-corrected chi connectivity index (χ0v) is 19.6. The normalized spacial score (nSPS) is 22.4. The van der Waals surface area contributed by atoms with Gasteiger partial charge >= 0.3 is 0 Å². The summed E-state index contributed by atoms with van der Waals surface area (Å²) in [6.45, 7) is 3.46. The van der Waals surface area contributed by atoms with Crippen LogP contribution < -0.4 is 10.6 Å². The van der Waals surface area contributed by atoms with Crippen LogP contribution in [0.5, 0.6) is 0 Å². The number of rotatable bonds is 10. The Labute approximate surface area is 196 Å². The van der Waals surface area contributed by atoms with E-state index in [-0.39, 0.29) is 11.2 Å². The van der Waals surface area contributed by atoms with E-state index in [0.717, 1.165) is 57.2 Å². The molecule has 2 aliphatic rings. The molecule has 176 valence electrons. The highest BCUT2D eigenvalue weighted by molar-refractivity contribution is 5.62. The van der Waals surface area contributed by atoms with E-state index in [1.165, 1.54) is 6.20 Å². The SMILES string of the molecule is COCC(C)NC1CCC(Cc2cc(-c3cccc(NCC4(C#N)CC4)n3)c(F)cn2)CC1. The van der Waals surface area contributed by atoms with Crippen LogP contribution in [0.3, 0.4) is 0 Å². The topological polar surface area (TPSA) is 82.9 Å². The molecule has 4 rings (SSSR count). The minimum absolute atomic E-state index is 0.261. The first-order valence-electron chi connectivity index (χ1n) is 12.0. The number of aromatic nitrogens is 2. The summed E-state index contributed by atoms with van der Waals surface area (Å²) in [6.07, 6.45) is 8.59. The number of ether oxygens (including phenoxy) is 1. The monoisotopic (exact) mass is 451 g/mol. The predicted octanol–water partition coefficient (Wildman–Crippen LogP) is 4.72. The number of hydrogen-bond donors (Lipinski definition) is 2. The Morgan fingerprint density at radius 2 is 2.06 bits per heavy atom. The van der Waals surface area contributed by atoms with Crippen LogP contribution in [0.15, 0.2) is 30.5 Å². The number of pyridine rings is 2. The van der Waals surface area contributed by atoms with Crippen LogP contribution in [0.25, 0.3) is 11.3 Å². The third-order valence-electron chi connectivity index (χ3n) is 6.92. The Morgan fingerprint density at radius 1 is 1.27 bits per heavy atom. The third-order valence-corrected chi connectivity index (χ3v) is 6.92. The summed E-state index contributed by atoms with van der Waals surface area (Å²) in [6, 6.07) is 10.7. The fourth-order valence-corrected chi connectivity index (χ4v) is 4.74. The van der Waals surface area contributed by atoms with Crippen molar-refractivity contribution in [2.24, 2.45) is 11.3 Å². The van der Waals surface area contributed by atoms with Crippen molar-refractivity contribution < 1.29 is 9.13 Å². The molecule has 0 amide bonds. The highest BCUT2D eigenvalue weighted by atomic mass is 19.1. The lowest BCUT2D eigenvalue weighted by atomic mass is 9.83. The number of nitrogens with one attached hydrogen (secondary N) is 2. The van der Waals surface area contributed by atoms with Crippen LogP contribution >= 0.6 is 0 Å². The van der Waals surface area contributed by atoms with Gasteiger partial charge in [-0.15, -0.1) is 0 Å². The first-order valence-corrected chi connectivity index (χ1v) is 12.0. The molecule has 1 unspecified atom stereocenters. The van der Waals surface area contributed by atoms with Crippen LogP contribution in [0, 0.1) is 28.5 Å². The second-order valence-corrected chi connectivity index (χ2v) is 9.75. The molecule has 2 heterocycles. The van der Waals surface area contributed by atoms with Gasteiger partial charge in [0.05, 0.1) is 30.0 Å². The number of anilines is 1. The number of methoxy groups -OCH3 is 1. The first-order chi connectivity index (χ1) is 16.0. The molecule has 6 nitrogen and oxygen atoms in total. The van der Waals surface area contributed by atoms with Crippen molar-refractivity contribution in [1.82, 2.24) is 15.3 Å².